The van der Waals surface area contributed by atoms with Crippen LogP contribution in [0, 0.1) is 0 Å². The van der Waals surface area contributed by atoms with E-state index in [9.17, 15) is 4.79 Å². The van der Waals surface area contributed by atoms with E-state index in [0.717, 1.165) is 40.8 Å². The van der Waals surface area contributed by atoms with Crippen molar-refractivity contribution in [1.29, 1.82) is 0 Å². The first kappa shape index (κ1) is 28.0. The first-order chi connectivity index (χ1) is 17.6. The van der Waals surface area contributed by atoms with Crippen LogP contribution in [-0.4, -0.2) is 12.6 Å². The van der Waals surface area contributed by atoms with Crippen LogP contribution in [0.3, 0.4) is 0 Å². The van der Waals surface area contributed by atoms with Crippen molar-refractivity contribution in [3.05, 3.63) is 82.3 Å². The minimum absolute atomic E-state index is 0.349. The molecule has 36 heavy (non-hydrogen) atoms. The third-order valence-corrected chi connectivity index (χ3v) is 7.10. The molecule has 0 saturated carbocycles. The van der Waals surface area contributed by atoms with Crippen LogP contribution in [0.1, 0.15) is 87.6 Å². The number of hydrogen-bond acceptors (Lipinski definition) is 3. The fourth-order valence-electron chi connectivity index (χ4n) is 4.14. The van der Waals surface area contributed by atoms with Gasteiger partial charge in [-0.25, -0.2) is 4.79 Å². The van der Waals surface area contributed by atoms with E-state index < -0.39 is 0 Å². The van der Waals surface area contributed by atoms with Crippen LogP contribution >= 0.6 is 15.9 Å². The topological polar surface area (TPSA) is 35.5 Å². The van der Waals surface area contributed by atoms with E-state index in [-0.39, 0.29) is 5.97 Å². The van der Waals surface area contributed by atoms with Crippen molar-refractivity contribution in [1.82, 2.24) is 0 Å². The van der Waals surface area contributed by atoms with Gasteiger partial charge in [-0.15, -0.1) is 0 Å². The second-order valence-corrected chi connectivity index (χ2v) is 10.2. The number of esters is 1. The van der Waals surface area contributed by atoms with Gasteiger partial charge in [-0.2, -0.15) is 0 Å². The number of unbranched alkanes of at least 4 members (excludes halogenated alkanes) is 7. The third-order valence-electron chi connectivity index (χ3n) is 6.36. The zero-order chi connectivity index (χ0) is 25.6. The van der Waals surface area contributed by atoms with E-state index in [1.807, 2.05) is 54.6 Å². The molecule has 0 radical (unpaired) electrons. The number of ether oxygens (including phenoxy) is 2. The van der Waals surface area contributed by atoms with Crippen molar-refractivity contribution in [2.75, 3.05) is 6.61 Å². The van der Waals surface area contributed by atoms with Gasteiger partial charge in [0.25, 0.3) is 0 Å². The summed E-state index contributed by atoms with van der Waals surface area (Å²) in [6.45, 7) is 5.20. The fraction of sp³-hybridized carbons (Fsp3) is 0.406. The SMILES string of the molecule is CCCCCCCc1ccc(C(=O)Oc2ccc(-c3ccc(OCCCCCC)cc3)cc2)cc1Br. The lowest BCUT2D eigenvalue weighted by Gasteiger charge is -2.09. The molecule has 3 nitrogen and oxygen atoms in total. The van der Waals surface area contributed by atoms with Crippen LogP contribution in [0.25, 0.3) is 11.1 Å². The Morgan fingerprint density at radius 2 is 1.28 bits per heavy atom. The molecule has 0 N–H and O–H groups in total. The first-order valence-corrected chi connectivity index (χ1v) is 14.2. The van der Waals surface area contributed by atoms with E-state index in [2.05, 4.69) is 41.9 Å². The van der Waals surface area contributed by atoms with Gasteiger partial charge < -0.3 is 9.47 Å². The fourth-order valence-corrected chi connectivity index (χ4v) is 4.72. The molecule has 0 aliphatic heterocycles. The van der Waals surface area contributed by atoms with Crippen LogP contribution in [0.15, 0.2) is 71.2 Å². The van der Waals surface area contributed by atoms with Crippen LogP contribution in [0.5, 0.6) is 11.5 Å². The molecule has 0 heterocycles. The summed E-state index contributed by atoms with van der Waals surface area (Å²) in [5, 5.41) is 0. The standard InChI is InChI=1S/C32H39BrO3/c1-3-5-7-9-10-12-27-13-14-28(24-31(27)33)32(34)36-30-21-17-26(18-22-30)25-15-19-29(20-16-25)35-23-11-8-6-4-2/h13-22,24H,3-12,23H2,1-2H3. The Labute approximate surface area is 225 Å². The molecule has 3 rings (SSSR count). The van der Waals surface area contributed by atoms with Crippen LogP contribution in [0.2, 0.25) is 0 Å². The third kappa shape index (κ3) is 9.13. The van der Waals surface area contributed by atoms with E-state index >= 15 is 0 Å². The number of aryl methyl sites for hydroxylation is 1. The van der Waals surface area contributed by atoms with Crippen molar-refractivity contribution in [3.8, 4) is 22.6 Å². The minimum Gasteiger partial charge on any atom is -0.494 e. The van der Waals surface area contributed by atoms with Gasteiger partial charge in [0.1, 0.15) is 11.5 Å². The molecule has 0 aliphatic rings. The van der Waals surface area contributed by atoms with Crippen LogP contribution in [-0.2, 0) is 6.42 Å². The summed E-state index contributed by atoms with van der Waals surface area (Å²) in [4.78, 5) is 12.7. The number of benzene rings is 3. The van der Waals surface area contributed by atoms with Gasteiger partial charge in [0.15, 0.2) is 0 Å². The van der Waals surface area contributed by atoms with Gasteiger partial charge in [0, 0.05) is 4.47 Å². The summed E-state index contributed by atoms with van der Waals surface area (Å²) >= 11 is 3.63. The Morgan fingerprint density at radius 1 is 0.694 bits per heavy atom. The summed E-state index contributed by atoms with van der Waals surface area (Å²) in [6.07, 6.45) is 12.1. The highest BCUT2D eigenvalue weighted by Crippen LogP contribution is 2.26. The molecule has 3 aromatic carbocycles. The summed E-state index contributed by atoms with van der Waals surface area (Å²) in [5.74, 6) is 1.08. The number of hydrogen-bond donors (Lipinski definition) is 0. The van der Waals surface area contributed by atoms with Crippen molar-refractivity contribution in [3.63, 3.8) is 0 Å². The molecule has 3 aromatic rings. The summed E-state index contributed by atoms with van der Waals surface area (Å²) in [5.41, 5.74) is 3.95. The zero-order valence-electron chi connectivity index (χ0n) is 21.7. The molecule has 0 fully saturated rings. The lowest BCUT2D eigenvalue weighted by Crippen LogP contribution is -2.08. The molecule has 0 amide bonds. The van der Waals surface area contributed by atoms with Crippen molar-refractivity contribution < 1.29 is 14.3 Å². The van der Waals surface area contributed by atoms with Gasteiger partial charge >= 0.3 is 5.97 Å². The van der Waals surface area contributed by atoms with Crippen LogP contribution < -0.4 is 9.47 Å². The molecule has 192 valence electrons. The van der Waals surface area contributed by atoms with E-state index in [0.29, 0.717) is 11.3 Å². The first-order valence-electron chi connectivity index (χ1n) is 13.4. The van der Waals surface area contributed by atoms with Crippen molar-refractivity contribution in [2.24, 2.45) is 0 Å². The average Bonchev–Trinajstić information content (AvgIpc) is 2.90. The monoisotopic (exact) mass is 550 g/mol. The lowest BCUT2D eigenvalue weighted by atomic mass is 10.0. The highest BCUT2D eigenvalue weighted by atomic mass is 79.9. The minimum atomic E-state index is -0.349. The Kier molecular flexibility index (Phi) is 12.1. The van der Waals surface area contributed by atoms with Crippen molar-refractivity contribution in [2.45, 2.75) is 78.1 Å². The number of rotatable bonds is 15. The Hall–Kier alpha value is -2.59. The Balaban J connectivity index is 1.50. The maximum atomic E-state index is 12.7. The average molecular weight is 552 g/mol. The van der Waals surface area contributed by atoms with Crippen LogP contribution in [0.4, 0.5) is 0 Å². The molecular formula is C32H39BrO3. The normalized spacial score (nSPS) is 10.9. The zero-order valence-corrected chi connectivity index (χ0v) is 23.3. The predicted octanol–water partition coefficient (Wildman–Crippen LogP) is 9.81. The molecule has 0 aliphatic carbocycles. The number of carbonyl (C=O) groups excluding carboxylic acids is 1. The van der Waals surface area contributed by atoms with Gasteiger partial charge in [-0.3, -0.25) is 0 Å². The Bertz CT molecular complexity index is 1060. The quantitative estimate of drug-likeness (QED) is 0.107. The number of halogens is 1. The molecule has 0 spiro atoms. The second kappa shape index (κ2) is 15.5. The highest BCUT2D eigenvalue weighted by Gasteiger charge is 2.11. The molecule has 0 aromatic heterocycles. The second-order valence-electron chi connectivity index (χ2n) is 9.32. The molecule has 0 saturated heterocycles. The molecular weight excluding hydrogens is 512 g/mol. The number of carbonyl (C=O) groups is 1. The highest BCUT2D eigenvalue weighted by molar-refractivity contribution is 9.10. The van der Waals surface area contributed by atoms with Gasteiger partial charge in [-0.05, 0) is 72.4 Å². The van der Waals surface area contributed by atoms with Crippen molar-refractivity contribution >= 4 is 21.9 Å². The van der Waals surface area contributed by atoms with E-state index in [1.165, 1.54) is 56.9 Å². The van der Waals surface area contributed by atoms with E-state index in [4.69, 9.17) is 9.47 Å². The smallest absolute Gasteiger partial charge is 0.343 e. The van der Waals surface area contributed by atoms with E-state index in [1.54, 1.807) is 0 Å². The predicted molar refractivity (Wildman–Crippen MR) is 153 cm³/mol. The summed E-state index contributed by atoms with van der Waals surface area (Å²) in [7, 11) is 0. The molecule has 0 atom stereocenters. The maximum absolute atomic E-state index is 12.7. The molecule has 0 unspecified atom stereocenters. The van der Waals surface area contributed by atoms with Gasteiger partial charge in [0.05, 0.1) is 12.2 Å². The molecule has 0 bridgehead atoms. The lowest BCUT2D eigenvalue weighted by molar-refractivity contribution is 0.0734. The van der Waals surface area contributed by atoms with Gasteiger partial charge in [0.2, 0.25) is 0 Å². The largest absolute Gasteiger partial charge is 0.494 e. The maximum Gasteiger partial charge on any atom is 0.343 e. The summed E-state index contributed by atoms with van der Waals surface area (Å²) in [6, 6.07) is 21.5. The van der Waals surface area contributed by atoms with Gasteiger partial charge in [-0.1, -0.05) is 105 Å². The molecule has 4 heteroatoms. The summed E-state index contributed by atoms with van der Waals surface area (Å²) < 4.78 is 12.4. The Morgan fingerprint density at radius 3 is 1.89 bits per heavy atom.